The van der Waals surface area contributed by atoms with E-state index in [0.29, 0.717) is 31.9 Å². The maximum Gasteiger partial charge on any atom is 0.257 e. The lowest BCUT2D eigenvalue weighted by atomic mass is 10.2. The molecule has 2 aromatic carbocycles. The first-order chi connectivity index (χ1) is 16.1. The third kappa shape index (κ3) is 5.80. The van der Waals surface area contributed by atoms with Gasteiger partial charge in [-0.25, -0.2) is 16.8 Å². The highest BCUT2D eigenvalue weighted by molar-refractivity contribution is 7.89. The number of halogens is 1. The number of carbonyl (C=O) groups excluding carboxylic acids is 1. The minimum absolute atomic E-state index is 0.0182. The summed E-state index contributed by atoms with van der Waals surface area (Å²) in [4.78, 5) is 13.0. The monoisotopic (exact) mass is 527 g/mol. The van der Waals surface area contributed by atoms with Crippen molar-refractivity contribution in [3.63, 3.8) is 0 Å². The zero-order valence-corrected chi connectivity index (χ0v) is 21.7. The van der Waals surface area contributed by atoms with Crippen LogP contribution in [0.1, 0.15) is 49.9 Å². The molecule has 0 atom stereocenters. The maximum absolute atomic E-state index is 13.1. The van der Waals surface area contributed by atoms with Crippen LogP contribution in [0.2, 0.25) is 5.02 Å². The second-order valence-electron chi connectivity index (χ2n) is 8.03. The Morgan fingerprint density at radius 3 is 2.03 bits per heavy atom. The van der Waals surface area contributed by atoms with Crippen molar-refractivity contribution in [1.82, 2.24) is 8.61 Å². The van der Waals surface area contributed by atoms with Gasteiger partial charge in [-0.3, -0.25) is 4.79 Å². The van der Waals surface area contributed by atoms with Gasteiger partial charge >= 0.3 is 0 Å². The van der Waals surface area contributed by atoms with Crippen molar-refractivity contribution < 1.29 is 21.6 Å². The largest absolute Gasteiger partial charge is 0.322 e. The quantitative estimate of drug-likeness (QED) is 0.554. The molecule has 1 aliphatic heterocycles. The van der Waals surface area contributed by atoms with E-state index in [1.54, 1.807) is 13.8 Å². The highest BCUT2D eigenvalue weighted by atomic mass is 35.5. The lowest BCUT2D eigenvalue weighted by Gasteiger charge is -2.20. The standard InChI is InChI=1S/C23H30ClN3O5S2/c1-3-26(4-2)33(29,30)19-11-9-18(10-12-19)25-23(28)21-17-20(13-14-22(21)24)34(31,32)27-15-7-5-6-8-16-27/h9-14,17H,3-8,15-16H2,1-2H3,(H,25,28). The third-order valence-electron chi connectivity index (χ3n) is 5.84. The molecule has 186 valence electrons. The molecule has 2 aromatic rings. The van der Waals surface area contributed by atoms with Crippen molar-refractivity contribution in [2.75, 3.05) is 31.5 Å². The summed E-state index contributed by atoms with van der Waals surface area (Å²) in [5.74, 6) is -0.586. The molecule has 0 unspecified atom stereocenters. The Labute approximate surface area is 207 Å². The van der Waals surface area contributed by atoms with Crippen LogP contribution in [0.25, 0.3) is 0 Å². The number of rotatable bonds is 8. The Kier molecular flexibility index (Phi) is 8.75. The van der Waals surface area contributed by atoms with Crippen LogP contribution in [0.5, 0.6) is 0 Å². The summed E-state index contributed by atoms with van der Waals surface area (Å²) in [5, 5.41) is 2.78. The molecule has 1 N–H and O–H groups in total. The molecule has 0 radical (unpaired) electrons. The molecule has 0 aliphatic carbocycles. The lowest BCUT2D eigenvalue weighted by Crippen LogP contribution is -2.32. The Morgan fingerprint density at radius 2 is 1.47 bits per heavy atom. The average molecular weight is 528 g/mol. The first-order valence-corrected chi connectivity index (χ1v) is 14.6. The van der Waals surface area contributed by atoms with Gasteiger partial charge in [-0.15, -0.1) is 0 Å². The second kappa shape index (κ2) is 11.2. The number of carbonyl (C=O) groups is 1. The van der Waals surface area contributed by atoms with Gasteiger partial charge in [0.15, 0.2) is 0 Å². The molecule has 0 saturated carbocycles. The minimum atomic E-state index is -3.74. The number of hydrogen-bond acceptors (Lipinski definition) is 5. The maximum atomic E-state index is 13.1. The highest BCUT2D eigenvalue weighted by Crippen LogP contribution is 2.26. The molecular weight excluding hydrogens is 498 g/mol. The van der Waals surface area contributed by atoms with Crippen LogP contribution in [0.15, 0.2) is 52.3 Å². The summed E-state index contributed by atoms with van der Waals surface area (Å²) in [6.45, 7) is 5.14. The molecule has 8 nitrogen and oxygen atoms in total. The van der Waals surface area contributed by atoms with E-state index >= 15 is 0 Å². The fourth-order valence-corrected chi connectivity index (χ4v) is 7.10. The van der Waals surface area contributed by atoms with Crippen LogP contribution in [0.4, 0.5) is 5.69 Å². The van der Waals surface area contributed by atoms with Crippen LogP contribution < -0.4 is 5.32 Å². The molecule has 1 fully saturated rings. The molecule has 3 rings (SSSR count). The predicted octanol–water partition coefficient (Wildman–Crippen LogP) is 4.19. The van der Waals surface area contributed by atoms with Crippen molar-refractivity contribution in [2.24, 2.45) is 0 Å². The number of anilines is 1. The van der Waals surface area contributed by atoms with E-state index in [4.69, 9.17) is 11.6 Å². The van der Waals surface area contributed by atoms with Gasteiger partial charge < -0.3 is 5.32 Å². The topological polar surface area (TPSA) is 104 Å². The van der Waals surface area contributed by atoms with Gasteiger partial charge in [-0.2, -0.15) is 8.61 Å². The lowest BCUT2D eigenvalue weighted by molar-refractivity contribution is 0.102. The molecule has 1 saturated heterocycles. The van der Waals surface area contributed by atoms with Crippen LogP contribution in [0, 0.1) is 0 Å². The molecular formula is C23H30ClN3O5S2. The predicted molar refractivity (Wildman–Crippen MR) is 133 cm³/mol. The number of sulfonamides is 2. The number of nitrogens with zero attached hydrogens (tertiary/aromatic N) is 2. The Hall–Kier alpha value is -1.98. The smallest absolute Gasteiger partial charge is 0.257 e. The average Bonchev–Trinajstić information content (AvgIpc) is 3.10. The van der Waals surface area contributed by atoms with E-state index in [1.807, 2.05) is 0 Å². The molecule has 0 aromatic heterocycles. The molecule has 1 heterocycles. The van der Waals surface area contributed by atoms with E-state index in [9.17, 15) is 21.6 Å². The zero-order chi connectivity index (χ0) is 24.9. The van der Waals surface area contributed by atoms with Gasteiger partial charge in [0.05, 0.1) is 20.4 Å². The number of amides is 1. The summed E-state index contributed by atoms with van der Waals surface area (Å²) in [6.07, 6.45) is 3.60. The third-order valence-corrected chi connectivity index (χ3v) is 10.1. The molecule has 34 heavy (non-hydrogen) atoms. The van der Waals surface area contributed by atoms with E-state index in [0.717, 1.165) is 25.7 Å². The van der Waals surface area contributed by atoms with Crippen molar-refractivity contribution in [1.29, 1.82) is 0 Å². The fourth-order valence-electron chi connectivity index (χ4n) is 3.89. The van der Waals surface area contributed by atoms with E-state index in [2.05, 4.69) is 5.32 Å². The van der Waals surface area contributed by atoms with E-state index < -0.39 is 26.0 Å². The second-order valence-corrected chi connectivity index (χ2v) is 12.3. The SMILES string of the molecule is CCN(CC)S(=O)(=O)c1ccc(NC(=O)c2cc(S(=O)(=O)N3CCCCCC3)ccc2Cl)cc1. The van der Waals surface area contributed by atoms with Gasteiger partial charge in [0.25, 0.3) is 5.91 Å². The minimum Gasteiger partial charge on any atom is -0.322 e. The van der Waals surface area contributed by atoms with Crippen LogP contribution in [-0.4, -0.2) is 57.5 Å². The number of nitrogens with one attached hydrogen (secondary N) is 1. The van der Waals surface area contributed by atoms with Gasteiger partial charge in [-0.05, 0) is 55.3 Å². The Morgan fingerprint density at radius 1 is 0.912 bits per heavy atom. The normalized spacial score (nSPS) is 15.8. The molecule has 0 bridgehead atoms. The Balaban J connectivity index is 1.81. The molecule has 1 amide bonds. The fraction of sp³-hybridized carbons (Fsp3) is 0.435. The van der Waals surface area contributed by atoms with Crippen molar-refractivity contribution in [2.45, 2.75) is 49.3 Å². The number of hydrogen-bond donors (Lipinski definition) is 1. The summed E-state index contributed by atoms with van der Waals surface area (Å²) in [6, 6.07) is 9.92. The molecule has 0 spiro atoms. The van der Waals surface area contributed by atoms with E-state index in [-0.39, 0.29) is 20.4 Å². The van der Waals surface area contributed by atoms with Crippen molar-refractivity contribution in [3.8, 4) is 0 Å². The van der Waals surface area contributed by atoms with Crippen molar-refractivity contribution in [3.05, 3.63) is 53.1 Å². The first-order valence-electron chi connectivity index (χ1n) is 11.3. The molecule has 1 aliphatic rings. The Bertz CT molecular complexity index is 1220. The molecule has 11 heteroatoms. The van der Waals surface area contributed by atoms with E-state index in [1.165, 1.54) is 51.1 Å². The first kappa shape index (κ1) is 26.6. The summed E-state index contributed by atoms with van der Waals surface area (Å²) >= 11 is 6.22. The van der Waals surface area contributed by atoms with Gasteiger partial charge in [0.1, 0.15) is 0 Å². The summed E-state index contributed by atoms with van der Waals surface area (Å²) in [5.41, 5.74) is 0.387. The van der Waals surface area contributed by atoms with Crippen molar-refractivity contribution >= 4 is 43.2 Å². The van der Waals surface area contributed by atoms with Gasteiger partial charge in [0, 0.05) is 31.9 Å². The summed E-state index contributed by atoms with van der Waals surface area (Å²) in [7, 11) is -7.36. The van der Waals surface area contributed by atoms with Gasteiger partial charge in [-0.1, -0.05) is 38.3 Å². The van der Waals surface area contributed by atoms with Gasteiger partial charge in [0.2, 0.25) is 20.0 Å². The zero-order valence-electron chi connectivity index (χ0n) is 19.3. The van der Waals surface area contributed by atoms with Crippen LogP contribution in [-0.2, 0) is 20.0 Å². The number of benzene rings is 2. The summed E-state index contributed by atoms with van der Waals surface area (Å²) < 4.78 is 54.3. The highest BCUT2D eigenvalue weighted by Gasteiger charge is 2.27. The van der Waals surface area contributed by atoms with Crippen LogP contribution >= 0.6 is 11.6 Å². The van der Waals surface area contributed by atoms with Crippen LogP contribution in [0.3, 0.4) is 0 Å².